The number of hydrogen-bond donors (Lipinski definition) is 3. The Kier molecular flexibility index (Phi) is 6.04. The molecule has 1 fully saturated rings. The lowest BCUT2D eigenvalue weighted by atomic mass is 9.88. The molecule has 1 aliphatic carbocycles. The molecule has 1 aromatic rings. The molecular weight excluding hydrogens is 308 g/mol. The van der Waals surface area contributed by atoms with Crippen molar-refractivity contribution < 1.29 is 19.1 Å². The molecule has 134 valence electrons. The average Bonchev–Trinajstić information content (AvgIpc) is 3.00. The van der Waals surface area contributed by atoms with Crippen LogP contribution < -0.4 is 10.6 Å². The predicted molar refractivity (Wildman–Crippen MR) is 90.2 cm³/mol. The molecule has 6 heteroatoms. The molecule has 1 heterocycles. The van der Waals surface area contributed by atoms with Gasteiger partial charge in [0.1, 0.15) is 23.2 Å². The summed E-state index contributed by atoms with van der Waals surface area (Å²) < 4.78 is 5.41. The number of furan rings is 1. The highest BCUT2D eigenvalue weighted by Gasteiger charge is 2.29. The maximum absolute atomic E-state index is 12.2. The molecule has 1 saturated carbocycles. The van der Waals surface area contributed by atoms with Crippen molar-refractivity contribution in [2.45, 2.75) is 64.5 Å². The largest absolute Gasteiger partial charge is 0.463 e. The fourth-order valence-corrected chi connectivity index (χ4v) is 2.98. The van der Waals surface area contributed by atoms with E-state index in [1.807, 2.05) is 0 Å². The van der Waals surface area contributed by atoms with Crippen molar-refractivity contribution in [2.24, 2.45) is 5.92 Å². The molecule has 0 saturated heterocycles. The van der Waals surface area contributed by atoms with Crippen LogP contribution in [0.15, 0.2) is 16.5 Å². The first-order valence-corrected chi connectivity index (χ1v) is 8.67. The van der Waals surface area contributed by atoms with Gasteiger partial charge in [0.25, 0.3) is 0 Å². The topological polar surface area (TPSA) is 91.6 Å². The molecule has 1 aliphatic rings. The summed E-state index contributed by atoms with van der Waals surface area (Å²) in [5, 5.41) is 15.9. The number of carbonyl (C=O) groups is 2. The minimum Gasteiger partial charge on any atom is -0.463 e. The zero-order chi connectivity index (χ0) is 17.7. The zero-order valence-electron chi connectivity index (χ0n) is 14.7. The number of hydrogen-bond acceptors (Lipinski definition) is 4. The number of aliphatic hydroxyl groups is 1. The molecule has 2 rings (SSSR count). The number of nitrogens with one attached hydrogen (secondary N) is 2. The number of carbonyl (C=O) groups excluding carboxylic acids is 2. The smallest absolute Gasteiger partial charge is 0.242 e. The van der Waals surface area contributed by atoms with E-state index in [-0.39, 0.29) is 24.3 Å². The molecule has 0 aliphatic heterocycles. The van der Waals surface area contributed by atoms with Crippen LogP contribution >= 0.6 is 0 Å². The molecule has 3 N–H and O–H groups in total. The van der Waals surface area contributed by atoms with Gasteiger partial charge in [0.2, 0.25) is 11.8 Å². The fourth-order valence-electron chi connectivity index (χ4n) is 2.98. The second-order valence-electron chi connectivity index (χ2n) is 6.97. The molecule has 2 atom stereocenters. The second kappa shape index (κ2) is 7.83. The number of rotatable bonds is 6. The summed E-state index contributed by atoms with van der Waals surface area (Å²) in [6.45, 7) is 5.04. The van der Waals surface area contributed by atoms with Crippen LogP contribution in [-0.4, -0.2) is 29.5 Å². The van der Waals surface area contributed by atoms with Crippen LogP contribution in [-0.2, 0) is 15.2 Å². The van der Waals surface area contributed by atoms with Crippen molar-refractivity contribution in [3.05, 3.63) is 23.7 Å². The van der Waals surface area contributed by atoms with Crippen molar-refractivity contribution in [2.75, 3.05) is 6.54 Å². The molecular formula is C18H28N2O4. The Morgan fingerprint density at radius 2 is 2.00 bits per heavy atom. The molecule has 0 aromatic carbocycles. The third kappa shape index (κ3) is 4.84. The highest BCUT2D eigenvalue weighted by molar-refractivity contribution is 5.88. The molecule has 0 radical (unpaired) electrons. The van der Waals surface area contributed by atoms with Crippen molar-refractivity contribution in [3.63, 3.8) is 0 Å². The van der Waals surface area contributed by atoms with Crippen LogP contribution in [0.3, 0.4) is 0 Å². The third-order valence-corrected chi connectivity index (χ3v) is 4.61. The molecule has 2 unspecified atom stereocenters. The lowest BCUT2D eigenvalue weighted by Crippen LogP contribution is -2.49. The lowest BCUT2D eigenvalue weighted by molar-refractivity contribution is -0.131. The monoisotopic (exact) mass is 336 g/mol. The van der Waals surface area contributed by atoms with E-state index in [0.29, 0.717) is 11.5 Å². The normalized spacial score (nSPS) is 19.3. The standard InChI is InChI=1S/C18H28N2O4/c1-12-9-10-15(24-12)18(3,23)11-19-16(21)13(2)20-17(22)14-7-5-4-6-8-14/h9-10,13-14,23H,4-8,11H2,1-3H3,(H,19,21)(H,20,22). The predicted octanol–water partition coefficient (Wildman–Crippen LogP) is 2.00. The Morgan fingerprint density at radius 1 is 1.33 bits per heavy atom. The zero-order valence-corrected chi connectivity index (χ0v) is 14.7. The maximum Gasteiger partial charge on any atom is 0.242 e. The van der Waals surface area contributed by atoms with Gasteiger partial charge in [-0.05, 0) is 45.7 Å². The molecule has 0 bridgehead atoms. The first kappa shape index (κ1) is 18.5. The van der Waals surface area contributed by atoms with E-state index in [1.54, 1.807) is 32.9 Å². The van der Waals surface area contributed by atoms with Gasteiger partial charge >= 0.3 is 0 Å². The summed E-state index contributed by atoms with van der Waals surface area (Å²) >= 11 is 0. The minimum absolute atomic E-state index is 0.0163. The van der Waals surface area contributed by atoms with Crippen molar-refractivity contribution in [1.29, 1.82) is 0 Å². The molecule has 6 nitrogen and oxygen atoms in total. The average molecular weight is 336 g/mol. The van der Waals surface area contributed by atoms with Crippen LogP contribution in [0.25, 0.3) is 0 Å². The summed E-state index contributed by atoms with van der Waals surface area (Å²) in [5.41, 5.74) is -1.29. The Balaban J connectivity index is 1.81. The van der Waals surface area contributed by atoms with E-state index in [4.69, 9.17) is 4.42 Å². The van der Waals surface area contributed by atoms with Crippen LogP contribution in [0.5, 0.6) is 0 Å². The van der Waals surface area contributed by atoms with Gasteiger partial charge in [0.15, 0.2) is 0 Å². The van der Waals surface area contributed by atoms with Gasteiger partial charge in [0, 0.05) is 5.92 Å². The lowest BCUT2D eigenvalue weighted by Gasteiger charge is -2.25. The van der Waals surface area contributed by atoms with Crippen LogP contribution in [0, 0.1) is 12.8 Å². The van der Waals surface area contributed by atoms with Crippen molar-refractivity contribution >= 4 is 11.8 Å². The van der Waals surface area contributed by atoms with Crippen LogP contribution in [0.1, 0.15) is 57.5 Å². The van der Waals surface area contributed by atoms with E-state index >= 15 is 0 Å². The second-order valence-corrected chi connectivity index (χ2v) is 6.97. The number of aryl methyl sites for hydroxylation is 1. The summed E-state index contributed by atoms with van der Waals surface area (Å²) in [7, 11) is 0. The van der Waals surface area contributed by atoms with E-state index in [1.165, 1.54) is 6.42 Å². The summed E-state index contributed by atoms with van der Waals surface area (Å²) in [6.07, 6.45) is 5.12. The Labute approximate surface area is 143 Å². The highest BCUT2D eigenvalue weighted by Crippen LogP contribution is 2.24. The summed E-state index contributed by atoms with van der Waals surface area (Å²) in [4.78, 5) is 24.4. The summed E-state index contributed by atoms with van der Waals surface area (Å²) in [5.74, 6) is 0.751. The van der Waals surface area contributed by atoms with Crippen LogP contribution in [0.2, 0.25) is 0 Å². The van der Waals surface area contributed by atoms with E-state index < -0.39 is 11.6 Å². The van der Waals surface area contributed by atoms with Gasteiger partial charge < -0.3 is 20.2 Å². The van der Waals surface area contributed by atoms with Gasteiger partial charge in [-0.1, -0.05) is 19.3 Å². The molecule has 2 amide bonds. The molecule has 0 spiro atoms. The third-order valence-electron chi connectivity index (χ3n) is 4.61. The maximum atomic E-state index is 12.2. The van der Waals surface area contributed by atoms with Gasteiger partial charge in [-0.25, -0.2) is 0 Å². The quantitative estimate of drug-likeness (QED) is 0.741. The molecule has 24 heavy (non-hydrogen) atoms. The fraction of sp³-hybridized carbons (Fsp3) is 0.667. The molecule has 1 aromatic heterocycles. The Hall–Kier alpha value is -1.82. The van der Waals surface area contributed by atoms with Crippen LogP contribution in [0.4, 0.5) is 0 Å². The Bertz CT molecular complexity index is 573. The van der Waals surface area contributed by atoms with Gasteiger partial charge in [0.05, 0.1) is 6.54 Å². The van der Waals surface area contributed by atoms with Gasteiger partial charge in [-0.15, -0.1) is 0 Å². The van der Waals surface area contributed by atoms with E-state index in [2.05, 4.69) is 10.6 Å². The summed E-state index contributed by atoms with van der Waals surface area (Å²) in [6, 6.07) is 2.82. The van der Waals surface area contributed by atoms with Crippen molar-refractivity contribution in [3.8, 4) is 0 Å². The minimum atomic E-state index is -1.29. The van der Waals surface area contributed by atoms with Gasteiger partial charge in [-0.2, -0.15) is 0 Å². The first-order valence-electron chi connectivity index (χ1n) is 8.67. The Morgan fingerprint density at radius 3 is 2.58 bits per heavy atom. The van der Waals surface area contributed by atoms with Crippen molar-refractivity contribution in [1.82, 2.24) is 10.6 Å². The highest BCUT2D eigenvalue weighted by atomic mass is 16.4. The number of amides is 2. The van der Waals surface area contributed by atoms with E-state index in [0.717, 1.165) is 25.7 Å². The van der Waals surface area contributed by atoms with Gasteiger partial charge in [-0.3, -0.25) is 9.59 Å². The first-order chi connectivity index (χ1) is 11.3. The SMILES string of the molecule is Cc1ccc(C(C)(O)CNC(=O)C(C)NC(=O)C2CCCCC2)o1. The van der Waals surface area contributed by atoms with E-state index in [9.17, 15) is 14.7 Å².